The number of rotatable bonds is 8. The second kappa shape index (κ2) is 10.1. The van der Waals surface area contributed by atoms with Crippen molar-refractivity contribution in [2.75, 3.05) is 5.75 Å². The minimum atomic E-state index is -1.03. The lowest BCUT2D eigenvalue weighted by atomic mass is 9.91. The summed E-state index contributed by atoms with van der Waals surface area (Å²) >= 11 is 2.81. The number of carboxylic acid groups (broad SMARTS) is 1. The Bertz CT molecular complexity index is 758. The molecule has 0 bridgehead atoms. The lowest BCUT2D eigenvalue weighted by Crippen LogP contribution is -2.20. The maximum Gasteiger partial charge on any atom is 0.355 e. The molecule has 1 aromatic rings. The lowest BCUT2D eigenvalue weighted by Gasteiger charge is -2.16. The molecule has 1 fully saturated rings. The fraction of sp³-hybridized carbons (Fsp3) is 0.550. The molecule has 0 aliphatic heterocycles. The van der Waals surface area contributed by atoms with Crippen LogP contribution in [0.1, 0.15) is 56.4 Å². The van der Waals surface area contributed by atoms with E-state index in [1.54, 1.807) is 6.92 Å². The number of thiazole rings is 1. The van der Waals surface area contributed by atoms with E-state index >= 15 is 0 Å². The first-order valence-corrected chi connectivity index (χ1v) is 10.9. The Kier molecular flexibility index (Phi) is 8.08. The summed E-state index contributed by atoms with van der Waals surface area (Å²) in [5, 5.41) is 20.6. The number of carbonyl (C=O) groups is 2. The molecule has 0 radical (unpaired) electrons. The van der Waals surface area contributed by atoms with E-state index in [1.807, 2.05) is 19.1 Å². The van der Waals surface area contributed by atoms with E-state index < -0.39 is 11.6 Å². The summed E-state index contributed by atoms with van der Waals surface area (Å²) in [6.45, 7) is 3.65. The smallest absolute Gasteiger partial charge is 0.355 e. The van der Waals surface area contributed by atoms with Crippen LogP contribution in [0.2, 0.25) is 0 Å². The molecule has 0 aromatic carbocycles. The molecule has 1 aliphatic carbocycles. The van der Waals surface area contributed by atoms with Gasteiger partial charge in [-0.2, -0.15) is 0 Å². The van der Waals surface area contributed by atoms with Crippen LogP contribution in [0, 0.1) is 23.7 Å². The number of ketones is 1. The van der Waals surface area contributed by atoms with Crippen molar-refractivity contribution in [3.05, 3.63) is 23.2 Å². The molecule has 0 amide bonds. The lowest BCUT2D eigenvalue weighted by molar-refractivity contribution is -0.121. The Morgan fingerprint density at radius 2 is 2.33 bits per heavy atom. The average molecular weight is 408 g/mol. The number of allylic oxidation sites excluding steroid dienone is 1. The number of aliphatic hydroxyl groups is 1. The number of nitrogens with zero attached hydrogens (tertiary/aromatic N) is 1. The van der Waals surface area contributed by atoms with Gasteiger partial charge in [-0.05, 0) is 25.7 Å². The first-order valence-electron chi connectivity index (χ1n) is 9.06. The molecule has 1 heterocycles. The molecule has 1 saturated carbocycles. The predicted octanol–water partition coefficient (Wildman–Crippen LogP) is 4.03. The van der Waals surface area contributed by atoms with E-state index in [0.717, 1.165) is 22.9 Å². The predicted molar refractivity (Wildman–Crippen MR) is 108 cm³/mol. The van der Waals surface area contributed by atoms with Crippen molar-refractivity contribution in [1.82, 2.24) is 4.98 Å². The number of aromatic nitrogens is 1. The van der Waals surface area contributed by atoms with Gasteiger partial charge in [0.15, 0.2) is 10.0 Å². The summed E-state index contributed by atoms with van der Waals surface area (Å²) in [6.07, 6.45) is 7.33. The molecular weight excluding hydrogens is 382 g/mol. The normalized spacial score (nSPS) is 21.8. The van der Waals surface area contributed by atoms with E-state index in [4.69, 9.17) is 5.11 Å². The standard InChI is InChI=1S/C20H25NO4S2/c1-3-4-10-20(2,25)11-5-6-14-7-8-17(22)15(14)9-12-26-19-21-16(13-27-19)18(23)24/h5-6,13-15,25H,3,7-9,11-12H2,1-2H3,(H,23,24). The molecule has 2 rings (SSSR count). The molecule has 146 valence electrons. The minimum absolute atomic E-state index is 0.0145. The van der Waals surface area contributed by atoms with Crippen molar-refractivity contribution in [2.24, 2.45) is 11.8 Å². The molecule has 1 aliphatic rings. The van der Waals surface area contributed by atoms with Crippen molar-refractivity contribution >= 4 is 34.9 Å². The molecule has 0 spiro atoms. The largest absolute Gasteiger partial charge is 0.476 e. The number of carbonyl (C=O) groups excluding carboxylic acids is 1. The zero-order chi connectivity index (χ0) is 19.9. The summed E-state index contributed by atoms with van der Waals surface area (Å²) in [6, 6.07) is 0. The highest BCUT2D eigenvalue weighted by Gasteiger charge is 2.32. The molecule has 2 N–H and O–H groups in total. The quantitative estimate of drug-likeness (QED) is 0.384. The molecule has 0 saturated heterocycles. The van der Waals surface area contributed by atoms with Crippen molar-refractivity contribution in [1.29, 1.82) is 0 Å². The van der Waals surface area contributed by atoms with E-state index in [1.165, 1.54) is 28.5 Å². The second-order valence-corrected chi connectivity index (χ2v) is 8.98. The van der Waals surface area contributed by atoms with Gasteiger partial charge < -0.3 is 10.2 Å². The zero-order valence-corrected chi connectivity index (χ0v) is 17.2. The third-order valence-corrected chi connectivity index (χ3v) is 6.50. The van der Waals surface area contributed by atoms with Gasteiger partial charge in [0.05, 0.1) is 0 Å². The Balaban J connectivity index is 1.86. The van der Waals surface area contributed by atoms with Crippen LogP contribution >= 0.6 is 23.1 Å². The first kappa shape index (κ1) is 21.7. The highest BCUT2D eigenvalue weighted by molar-refractivity contribution is 8.01. The van der Waals surface area contributed by atoms with Crippen LogP contribution < -0.4 is 0 Å². The maximum absolute atomic E-state index is 12.2. The van der Waals surface area contributed by atoms with Gasteiger partial charge >= 0.3 is 5.97 Å². The van der Waals surface area contributed by atoms with Crippen molar-refractivity contribution < 1.29 is 19.8 Å². The van der Waals surface area contributed by atoms with E-state index in [-0.39, 0.29) is 23.3 Å². The van der Waals surface area contributed by atoms with Gasteiger partial charge in [-0.15, -0.1) is 17.3 Å². The SMILES string of the molecule is CCC#CC(C)(O)CC=CC1CCC(=O)C1CCSc1nc(C(=O)O)cs1. The van der Waals surface area contributed by atoms with Crippen LogP contribution in [-0.4, -0.2) is 38.3 Å². The molecule has 3 atom stereocenters. The van der Waals surface area contributed by atoms with Gasteiger partial charge in [-0.3, -0.25) is 4.79 Å². The van der Waals surface area contributed by atoms with Crippen molar-refractivity contribution in [3.8, 4) is 11.8 Å². The third-order valence-electron chi connectivity index (χ3n) is 4.44. The number of hydrogen-bond acceptors (Lipinski definition) is 6. The van der Waals surface area contributed by atoms with Gasteiger partial charge in [-0.1, -0.05) is 36.8 Å². The van der Waals surface area contributed by atoms with Gasteiger partial charge in [0.2, 0.25) is 0 Å². The molecule has 3 unspecified atom stereocenters. The molecule has 7 heteroatoms. The Hall–Kier alpha value is -1.62. The monoisotopic (exact) mass is 407 g/mol. The summed E-state index contributed by atoms with van der Waals surface area (Å²) in [7, 11) is 0. The van der Waals surface area contributed by atoms with Crippen molar-refractivity contribution in [2.45, 2.75) is 55.9 Å². The number of carboxylic acids is 1. The minimum Gasteiger partial charge on any atom is -0.476 e. The Labute approximate surface area is 168 Å². The molecular formula is C20H25NO4S2. The first-order chi connectivity index (χ1) is 12.8. The van der Waals surface area contributed by atoms with Gasteiger partial charge in [0.25, 0.3) is 0 Å². The van der Waals surface area contributed by atoms with Crippen molar-refractivity contribution in [3.63, 3.8) is 0 Å². The van der Waals surface area contributed by atoms with Gasteiger partial charge in [-0.25, -0.2) is 9.78 Å². The van der Waals surface area contributed by atoms with E-state index in [0.29, 0.717) is 19.3 Å². The Morgan fingerprint density at radius 1 is 1.56 bits per heavy atom. The number of aromatic carboxylic acids is 1. The highest BCUT2D eigenvalue weighted by Crippen LogP contribution is 2.35. The van der Waals surface area contributed by atoms with Crippen LogP contribution in [0.5, 0.6) is 0 Å². The van der Waals surface area contributed by atoms with Crippen LogP contribution in [-0.2, 0) is 4.79 Å². The second-order valence-electron chi connectivity index (χ2n) is 6.78. The van der Waals surface area contributed by atoms with Gasteiger partial charge in [0, 0.05) is 36.3 Å². The maximum atomic E-state index is 12.2. The molecule has 5 nitrogen and oxygen atoms in total. The van der Waals surface area contributed by atoms with E-state index in [2.05, 4.69) is 16.8 Å². The number of hydrogen-bond donors (Lipinski definition) is 2. The number of Topliss-reactive ketones (excluding diaryl/α,β-unsaturated/α-hetero) is 1. The van der Waals surface area contributed by atoms with E-state index in [9.17, 15) is 14.7 Å². The van der Waals surface area contributed by atoms with Crippen LogP contribution in [0.4, 0.5) is 0 Å². The molecule has 27 heavy (non-hydrogen) atoms. The third kappa shape index (κ3) is 6.80. The average Bonchev–Trinajstić information content (AvgIpc) is 3.22. The summed E-state index contributed by atoms with van der Waals surface area (Å²) in [4.78, 5) is 27.1. The number of thioether (sulfide) groups is 1. The highest BCUT2D eigenvalue weighted by atomic mass is 32.2. The summed E-state index contributed by atoms with van der Waals surface area (Å²) in [5.41, 5.74) is -0.967. The fourth-order valence-corrected chi connectivity index (χ4v) is 4.93. The summed E-state index contributed by atoms with van der Waals surface area (Å²) < 4.78 is 0.718. The topological polar surface area (TPSA) is 87.5 Å². The summed E-state index contributed by atoms with van der Waals surface area (Å²) in [5.74, 6) is 5.93. The van der Waals surface area contributed by atoms with Crippen LogP contribution in [0.25, 0.3) is 0 Å². The molecule has 1 aromatic heterocycles. The fourth-order valence-electron chi connectivity index (χ4n) is 3.04. The van der Waals surface area contributed by atoms with Crippen LogP contribution in [0.3, 0.4) is 0 Å². The van der Waals surface area contributed by atoms with Gasteiger partial charge in [0.1, 0.15) is 11.4 Å². The van der Waals surface area contributed by atoms with Crippen LogP contribution in [0.15, 0.2) is 21.9 Å². The zero-order valence-electron chi connectivity index (χ0n) is 15.6. The Morgan fingerprint density at radius 3 is 3.00 bits per heavy atom.